The van der Waals surface area contributed by atoms with Crippen LogP contribution in [0.3, 0.4) is 0 Å². The number of nitrogens with one attached hydrogen (secondary N) is 1. The quantitative estimate of drug-likeness (QED) is 0.855. The summed E-state index contributed by atoms with van der Waals surface area (Å²) >= 11 is 0. The molecule has 0 bridgehead atoms. The van der Waals surface area contributed by atoms with Gasteiger partial charge in [-0.2, -0.15) is 0 Å². The SMILES string of the molecule is Cn1cnc(-c2ccc(F)cc2)c1NC(=O)CN. The number of aryl methyl sites for hydroxylation is 1. The molecule has 18 heavy (non-hydrogen) atoms. The lowest BCUT2D eigenvalue weighted by molar-refractivity contribution is -0.114. The summed E-state index contributed by atoms with van der Waals surface area (Å²) in [4.78, 5) is 15.5. The molecule has 1 aromatic heterocycles. The number of anilines is 1. The van der Waals surface area contributed by atoms with Gasteiger partial charge in [0.15, 0.2) is 0 Å². The molecule has 0 saturated heterocycles. The van der Waals surface area contributed by atoms with Gasteiger partial charge in [0.2, 0.25) is 5.91 Å². The Kier molecular flexibility index (Phi) is 3.38. The van der Waals surface area contributed by atoms with Crippen molar-refractivity contribution < 1.29 is 9.18 Å². The van der Waals surface area contributed by atoms with E-state index >= 15 is 0 Å². The first-order chi connectivity index (χ1) is 8.61. The van der Waals surface area contributed by atoms with Gasteiger partial charge in [-0.1, -0.05) is 0 Å². The van der Waals surface area contributed by atoms with Crippen LogP contribution in [0.15, 0.2) is 30.6 Å². The lowest BCUT2D eigenvalue weighted by atomic mass is 10.1. The van der Waals surface area contributed by atoms with Gasteiger partial charge >= 0.3 is 0 Å². The predicted molar refractivity (Wildman–Crippen MR) is 66.3 cm³/mol. The van der Waals surface area contributed by atoms with Crippen LogP contribution in [0.1, 0.15) is 0 Å². The Balaban J connectivity index is 2.39. The Morgan fingerprint density at radius 1 is 1.44 bits per heavy atom. The first-order valence-corrected chi connectivity index (χ1v) is 5.39. The van der Waals surface area contributed by atoms with E-state index in [4.69, 9.17) is 5.73 Å². The molecular formula is C12H13FN4O. The van der Waals surface area contributed by atoms with E-state index in [1.54, 1.807) is 30.1 Å². The number of carbonyl (C=O) groups excluding carboxylic acids is 1. The largest absolute Gasteiger partial charge is 0.322 e. The summed E-state index contributed by atoms with van der Waals surface area (Å²) in [6.07, 6.45) is 1.57. The van der Waals surface area contributed by atoms with Crippen molar-refractivity contribution in [3.05, 3.63) is 36.4 Å². The molecule has 1 amide bonds. The highest BCUT2D eigenvalue weighted by molar-refractivity contribution is 5.94. The van der Waals surface area contributed by atoms with Gasteiger partial charge in [0, 0.05) is 12.6 Å². The number of imidazole rings is 1. The third-order valence-corrected chi connectivity index (χ3v) is 2.50. The first kappa shape index (κ1) is 12.3. The minimum absolute atomic E-state index is 0.103. The van der Waals surface area contributed by atoms with Crippen molar-refractivity contribution in [2.45, 2.75) is 0 Å². The van der Waals surface area contributed by atoms with Crippen LogP contribution in [-0.2, 0) is 11.8 Å². The number of nitrogens with two attached hydrogens (primary N) is 1. The molecule has 0 unspecified atom stereocenters. The second kappa shape index (κ2) is 4.97. The van der Waals surface area contributed by atoms with Gasteiger partial charge in [0.05, 0.1) is 12.9 Å². The zero-order valence-corrected chi connectivity index (χ0v) is 9.85. The van der Waals surface area contributed by atoms with Gasteiger partial charge in [0.1, 0.15) is 17.3 Å². The third kappa shape index (κ3) is 2.38. The lowest BCUT2D eigenvalue weighted by Gasteiger charge is -2.07. The van der Waals surface area contributed by atoms with Crippen LogP contribution in [-0.4, -0.2) is 22.0 Å². The minimum atomic E-state index is -0.317. The Bertz CT molecular complexity index is 562. The molecule has 5 nitrogen and oxygen atoms in total. The van der Waals surface area contributed by atoms with Crippen molar-refractivity contribution in [3.8, 4) is 11.3 Å². The number of amides is 1. The molecule has 2 rings (SSSR count). The van der Waals surface area contributed by atoms with Crippen molar-refractivity contribution in [1.29, 1.82) is 0 Å². The normalized spacial score (nSPS) is 10.4. The Labute approximate surface area is 103 Å². The molecular weight excluding hydrogens is 235 g/mol. The average molecular weight is 248 g/mol. The molecule has 0 aliphatic carbocycles. The van der Waals surface area contributed by atoms with E-state index in [0.29, 0.717) is 11.5 Å². The predicted octanol–water partition coefficient (Wildman–Crippen LogP) is 1.12. The van der Waals surface area contributed by atoms with Crippen molar-refractivity contribution in [3.63, 3.8) is 0 Å². The summed E-state index contributed by atoms with van der Waals surface area (Å²) in [5.41, 5.74) is 6.56. The van der Waals surface area contributed by atoms with E-state index in [2.05, 4.69) is 10.3 Å². The van der Waals surface area contributed by atoms with E-state index in [-0.39, 0.29) is 18.3 Å². The molecule has 0 saturated carbocycles. The maximum Gasteiger partial charge on any atom is 0.239 e. The third-order valence-electron chi connectivity index (χ3n) is 2.50. The van der Waals surface area contributed by atoms with Crippen LogP contribution in [0.25, 0.3) is 11.3 Å². The molecule has 0 fully saturated rings. The lowest BCUT2D eigenvalue weighted by Crippen LogP contribution is -2.23. The molecule has 0 radical (unpaired) electrons. The van der Waals surface area contributed by atoms with Crippen LogP contribution in [0.4, 0.5) is 10.2 Å². The van der Waals surface area contributed by atoms with Gasteiger partial charge in [-0.25, -0.2) is 9.37 Å². The summed E-state index contributed by atoms with van der Waals surface area (Å²) in [7, 11) is 1.76. The van der Waals surface area contributed by atoms with Gasteiger partial charge < -0.3 is 15.6 Å². The van der Waals surface area contributed by atoms with E-state index in [1.165, 1.54) is 12.1 Å². The number of hydrogen-bond donors (Lipinski definition) is 2. The van der Waals surface area contributed by atoms with Gasteiger partial charge in [-0.15, -0.1) is 0 Å². The van der Waals surface area contributed by atoms with Crippen molar-refractivity contribution >= 4 is 11.7 Å². The number of hydrogen-bond acceptors (Lipinski definition) is 3. The monoisotopic (exact) mass is 248 g/mol. The summed E-state index contributed by atoms with van der Waals surface area (Å²) in [5.74, 6) is -0.0822. The van der Waals surface area contributed by atoms with Crippen LogP contribution >= 0.6 is 0 Å². The molecule has 0 aliphatic rings. The zero-order chi connectivity index (χ0) is 13.1. The molecule has 1 aromatic carbocycles. The zero-order valence-electron chi connectivity index (χ0n) is 9.85. The van der Waals surface area contributed by atoms with E-state index in [9.17, 15) is 9.18 Å². The van der Waals surface area contributed by atoms with Gasteiger partial charge in [-0.3, -0.25) is 4.79 Å². The topological polar surface area (TPSA) is 72.9 Å². The molecule has 0 atom stereocenters. The second-order valence-electron chi connectivity index (χ2n) is 3.81. The summed E-state index contributed by atoms with van der Waals surface area (Å²) in [6, 6.07) is 5.91. The van der Waals surface area contributed by atoms with Crippen molar-refractivity contribution in [2.24, 2.45) is 12.8 Å². The standard InChI is InChI=1S/C12H13FN4O/c1-17-7-15-11(12(17)16-10(18)6-14)8-2-4-9(13)5-3-8/h2-5,7H,6,14H2,1H3,(H,16,18). The fraction of sp³-hybridized carbons (Fsp3) is 0.167. The summed E-state index contributed by atoms with van der Waals surface area (Å²) < 4.78 is 14.5. The fourth-order valence-electron chi connectivity index (χ4n) is 1.58. The molecule has 0 aliphatic heterocycles. The summed E-state index contributed by atoms with van der Waals surface area (Å²) in [6.45, 7) is -0.103. The molecule has 0 spiro atoms. The van der Waals surface area contributed by atoms with Crippen LogP contribution in [0, 0.1) is 5.82 Å². The number of carbonyl (C=O) groups is 1. The highest BCUT2D eigenvalue weighted by Crippen LogP contribution is 2.25. The maximum absolute atomic E-state index is 12.9. The van der Waals surface area contributed by atoms with Gasteiger partial charge in [-0.05, 0) is 24.3 Å². The van der Waals surface area contributed by atoms with Crippen molar-refractivity contribution in [2.75, 3.05) is 11.9 Å². The van der Waals surface area contributed by atoms with E-state index in [1.807, 2.05) is 0 Å². The van der Waals surface area contributed by atoms with Crippen LogP contribution in [0.2, 0.25) is 0 Å². The smallest absolute Gasteiger partial charge is 0.239 e. The second-order valence-corrected chi connectivity index (χ2v) is 3.81. The molecule has 3 N–H and O–H groups in total. The Hall–Kier alpha value is -2.21. The highest BCUT2D eigenvalue weighted by Gasteiger charge is 2.13. The van der Waals surface area contributed by atoms with Crippen LogP contribution in [0.5, 0.6) is 0 Å². The molecule has 6 heteroatoms. The number of aromatic nitrogens is 2. The average Bonchev–Trinajstić information content (AvgIpc) is 2.72. The van der Waals surface area contributed by atoms with Crippen LogP contribution < -0.4 is 11.1 Å². The number of nitrogens with zero attached hydrogens (tertiary/aromatic N) is 2. The number of benzene rings is 1. The Morgan fingerprint density at radius 3 is 2.72 bits per heavy atom. The first-order valence-electron chi connectivity index (χ1n) is 5.39. The van der Waals surface area contributed by atoms with Gasteiger partial charge in [0.25, 0.3) is 0 Å². The molecule has 2 aromatic rings. The molecule has 94 valence electrons. The maximum atomic E-state index is 12.9. The van der Waals surface area contributed by atoms with E-state index < -0.39 is 0 Å². The minimum Gasteiger partial charge on any atom is -0.322 e. The van der Waals surface area contributed by atoms with E-state index in [0.717, 1.165) is 5.56 Å². The fourth-order valence-corrected chi connectivity index (χ4v) is 1.58. The number of halogens is 1. The Morgan fingerprint density at radius 2 is 2.11 bits per heavy atom. The molecule has 1 heterocycles. The highest BCUT2D eigenvalue weighted by atomic mass is 19.1. The summed E-state index contributed by atoms with van der Waals surface area (Å²) in [5, 5.41) is 2.66. The van der Waals surface area contributed by atoms with Crippen molar-refractivity contribution in [1.82, 2.24) is 9.55 Å². The number of rotatable bonds is 3.